The van der Waals surface area contributed by atoms with Gasteiger partial charge in [-0.05, 0) is 26.0 Å². The number of rotatable bonds is 2. The molecule has 2 unspecified atom stereocenters. The third kappa shape index (κ3) is 3.14. The molecule has 8 heteroatoms. The molecule has 2 heterocycles. The number of carbonyl (C=O) groups excluding carboxylic acids is 1. The summed E-state index contributed by atoms with van der Waals surface area (Å²) >= 11 is 0. The van der Waals surface area contributed by atoms with Gasteiger partial charge in [0.1, 0.15) is 5.52 Å². The Morgan fingerprint density at radius 1 is 1.25 bits per heavy atom. The van der Waals surface area contributed by atoms with Gasteiger partial charge >= 0.3 is 24.8 Å². The van der Waals surface area contributed by atoms with Gasteiger partial charge in [-0.15, -0.1) is 0 Å². The van der Waals surface area contributed by atoms with Crippen molar-refractivity contribution in [2.24, 2.45) is 0 Å². The van der Waals surface area contributed by atoms with Gasteiger partial charge in [-0.2, -0.15) is 4.98 Å². The van der Waals surface area contributed by atoms with Gasteiger partial charge in [0.05, 0.1) is 5.56 Å². The molecule has 7 nitrogen and oxygen atoms in total. The molecule has 1 aromatic heterocycles. The van der Waals surface area contributed by atoms with Gasteiger partial charge in [-0.25, -0.2) is 4.79 Å². The van der Waals surface area contributed by atoms with E-state index in [0.29, 0.717) is 30.2 Å². The zero-order chi connectivity index (χ0) is 16.7. The Bertz CT molecular complexity index is 764. The number of fused-ring (bicyclic) bond motifs is 1. The fraction of sp³-hybridized carbons (Fsp3) is 0.438. The summed E-state index contributed by atoms with van der Waals surface area (Å²) in [6.45, 7) is 6.74. The van der Waals surface area contributed by atoms with E-state index in [1.54, 1.807) is 24.0 Å². The Labute approximate surface area is 151 Å². The van der Waals surface area contributed by atoms with Crippen LogP contribution in [0, 0.1) is 0 Å². The number of nitrogens with zero attached hydrogens (tertiary/aromatic N) is 3. The maximum atomic E-state index is 11.6. The van der Waals surface area contributed by atoms with Crippen LogP contribution in [0.2, 0.25) is 0 Å². The van der Waals surface area contributed by atoms with Crippen molar-refractivity contribution in [3.05, 3.63) is 23.8 Å². The fourth-order valence-electron chi connectivity index (χ4n) is 3.18. The number of hydrogen-bond acceptors (Lipinski definition) is 5. The molecule has 3 rings (SSSR count). The van der Waals surface area contributed by atoms with Crippen molar-refractivity contribution in [1.82, 2.24) is 9.88 Å². The minimum atomic E-state index is -1.03. The van der Waals surface area contributed by atoms with Gasteiger partial charge < -0.3 is 19.3 Å². The number of amides is 1. The summed E-state index contributed by atoms with van der Waals surface area (Å²) in [5.74, 6) is -0.980. The van der Waals surface area contributed by atoms with E-state index in [0.717, 1.165) is 0 Å². The van der Waals surface area contributed by atoms with Crippen molar-refractivity contribution in [2.75, 3.05) is 18.0 Å². The summed E-state index contributed by atoms with van der Waals surface area (Å²) in [7, 11) is 0. The van der Waals surface area contributed by atoms with E-state index < -0.39 is 5.97 Å². The minimum absolute atomic E-state index is 0. The second-order valence-electron chi connectivity index (χ2n) is 5.98. The van der Waals surface area contributed by atoms with Crippen LogP contribution in [0.15, 0.2) is 22.6 Å². The summed E-state index contributed by atoms with van der Waals surface area (Å²) in [4.78, 5) is 31.1. The molecular weight excluding hydrogens is 305 g/mol. The molecule has 1 aromatic carbocycles. The van der Waals surface area contributed by atoms with Crippen molar-refractivity contribution >= 4 is 47.9 Å². The van der Waals surface area contributed by atoms with Crippen LogP contribution in [0.1, 0.15) is 31.1 Å². The number of carboxylic acid groups (broad SMARTS) is 1. The Morgan fingerprint density at radius 3 is 2.42 bits per heavy atom. The van der Waals surface area contributed by atoms with Gasteiger partial charge in [0.15, 0.2) is 5.58 Å². The molecule has 0 aliphatic carbocycles. The van der Waals surface area contributed by atoms with E-state index in [2.05, 4.69) is 4.98 Å². The first kappa shape index (κ1) is 18.4. The third-order valence-electron chi connectivity index (χ3n) is 4.22. The Balaban J connectivity index is 0.00000208. The summed E-state index contributed by atoms with van der Waals surface area (Å²) in [5.41, 5.74) is 0.928. The van der Waals surface area contributed by atoms with Gasteiger partial charge in [-0.3, -0.25) is 4.79 Å². The zero-order valence-corrected chi connectivity index (χ0v) is 13.3. The van der Waals surface area contributed by atoms with Crippen LogP contribution >= 0.6 is 0 Å². The molecule has 124 valence electrons. The molecule has 0 bridgehead atoms. The number of aromatic carboxylic acids is 1. The first-order chi connectivity index (χ1) is 10.9. The second-order valence-corrected chi connectivity index (χ2v) is 5.98. The van der Waals surface area contributed by atoms with Gasteiger partial charge in [-0.1, -0.05) is 6.07 Å². The van der Waals surface area contributed by atoms with Crippen LogP contribution in [0.4, 0.5) is 6.01 Å². The van der Waals surface area contributed by atoms with Crippen molar-refractivity contribution in [1.29, 1.82) is 0 Å². The standard InChI is InChI=1S/C16H19N3O4.Li.H/c1-9-7-18(11(3)20)8-10(2)19(9)16-17-14-12(15(21)22)5-4-6-13(14)23-16;;/h4-6,9-10H,7-8H2,1-3H3,(H,21,22);;. The van der Waals surface area contributed by atoms with E-state index in [9.17, 15) is 14.7 Å². The Hall–Kier alpha value is -1.97. The first-order valence-electron chi connectivity index (χ1n) is 7.55. The van der Waals surface area contributed by atoms with Gasteiger partial charge in [0.2, 0.25) is 5.91 Å². The number of aromatic nitrogens is 1. The van der Waals surface area contributed by atoms with Gasteiger partial charge in [0.25, 0.3) is 6.01 Å². The summed E-state index contributed by atoms with van der Waals surface area (Å²) in [6.07, 6.45) is 0. The second kappa shape index (κ2) is 6.87. The normalized spacial score (nSPS) is 20.8. The summed E-state index contributed by atoms with van der Waals surface area (Å²) in [5, 5.41) is 9.26. The van der Waals surface area contributed by atoms with Crippen LogP contribution in [0.5, 0.6) is 0 Å². The average molecular weight is 325 g/mol. The quantitative estimate of drug-likeness (QED) is 0.838. The van der Waals surface area contributed by atoms with Crippen LogP contribution in [-0.2, 0) is 4.79 Å². The molecule has 1 aliphatic heterocycles. The molecule has 2 aromatic rings. The van der Waals surface area contributed by atoms with Crippen LogP contribution in [0.25, 0.3) is 11.1 Å². The topological polar surface area (TPSA) is 86.9 Å². The number of carboxylic acids is 1. The monoisotopic (exact) mass is 325 g/mol. The first-order valence-corrected chi connectivity index (χ1v) is 7.55. The number of carbonyl (C=O) groups is 2. The zero-order valence-electron chi connectivity index (χ0n) is 13.3. The third-order valence-corrected chi connectivity index (χ3v) is 4.22. The van der Waals surface area contributed by atoms with E-state index in [1.165, 1.54) is 6.07 Å². The number of para-hydroxylation sites is 1. The van der Waals surface area contributed by atoms with E-state index in [4.69, 9.17) is 4.42 Å². The molecule has 2 atom stereocenters. The number of hydrogen-bond donors (Lipinski definition) is 1. The van der Waals surface area contributed by atoms with Crippen molar-refractivity contribution in [2.45, 2.75) is 32.9 Å². The maximum absolute atomic E-state index is 11.6. The number of oxazole rings is 1. The van der Waals surface area contributed by atoms with E-state index >= 15 is 0 Å². The molecule has 1 N–H and O–H groups in total. The molecule has 1 aliphatic rings. The molecular formula is C16H20LiN3O4. The Kier molecular flexibility index (Phi) is 5.26. The predicted molar refractivity (Wildman–Crippen MR) is 91.8 cm³/mol. The Morgan fingerprint density at radius 2 is 1.88 bits per heavy atom. The molecule has 1 fully saturated rings. The average Bonchev–Trinajstić information content (AvgIpc) is 2.89. The number of benzene rings is 1. The molecule has 0 radical (unpaired) electrons. The number of piperazine rings is 1. The van der Waals surface area contributed by atoms with Gasteiger partial charge in [0, 0.05) is 32.1 Å². The van der Waals surface area contributed by atoms with E-state index in [1.807, 2.05) is 18.7 Å². The van der Waals surface area contributed by atoms with E-state index in [-0.39, 0.29) is 42.4 Å². The predicted octanol–water partition coefficient (Wildman–Crippen LogP) is 1.32. The summed E-state index contributed by atoms with van der Waals surface area (Å²) < 4.78 is 5.78. The van der Waals surface area contributed by atoms with Crippen LogP contribution in [-0.4, -0.2) is 70.9 Å². The summed E-state index contributed by atoms with van der Waals surface area (Å²) in [6, 6.07) is 5.32. The van der Waals surface area contributed by atoms with Crippen LogP contribution in [0.3, 0.4) is 0 Å². The molecule has 0 saturated carbocycles. The molecule has 1 amide bonds. The number of anilines is 1. The van der Waals surface area contributed by atoms with Crippen molar-refractivity contribution in [3.8, 4) is 0 Å². The fourth-order valence-corrected chi connectivity index (χ4v) is 3.18. The van der Waals surface area contributed by atoms with Crippen molar-refractivity contribution < 1.29 is 19.1 Å². The molecule has 0 spiro atoms. The van der Waals surface area contributed by atoms with Crippen LogP contribution < -0.4 is 4.90 Å². The molecule has 1 saturated heterocycles. The molecule has 24 heavy (non-hydrogen) atoms. The SMILES string of the molecule is CC(=O)N1CC(C)N(c2nc3c(C(=O)O)cccc3o2)C(C)C1.[LiH]. The van der Waals surface area contributed by atoms with Crippen molar-refractivity contribution in [3.63, 3.8) is 0 Å².